The molecule has 2 aliphatic carbocycles. The molecule has 0 aromatic carbocycles. The van der Waals surface area contributed by atoms with Gasteiger partial charge in [0.05, 0.1) is 13.2 Å². The molecule has 3 aliphatic rings. The summed E-state index contributed by atoms with van der Waals surface area (Å²) in [5, 5.41) is 6.54. The molecule has 0 atom stereocenters. The number of hydrogen-bond acceptors (Lipinski definition) is 4. The molecule has 0 unspecified atom stereocenters. The topological polar surface area (TPSA) is 69.2 Å². The largest absolute Gasteiger partial charge is 0.383 e. The lowest BCUT2D eigenvalue weighted by atomic mass is 9.65. The fourth-order valence-electron chi connectivity index (χ4n) is 4.31. The zero-order chi connectivity index (χ0) is 18.4. The van der Waals surface area contributed by atoms with Crippen molar-refractivity contribution in [3.63, 3.8) is 0 Å². The molecule has 7 nitrogen and oxygen atoms in total. The maximum atomic E-state index is 11.9. The van der Waals surface area contributed by atoms with Crippen molar-refractivity contribution in [2.24, 2.45) is 16.3 Å². The first kappa shape index (κ1) is 22.7. The van der Waals surface area contributed by atoms with Gasteiger partial charge in [0.1, 0.15) is 0 Å². The molecule has 1 amide bonds. The Bertz CT molecular complexity index is 500. The van der Waals surface area contributed by atoms with E-state index in [9.17, 15) is 4.79 Å². The molecule has 2 N–H and O–H groups in total. The van der Waals surface area contributed by atoms with Gasteiger partial charge >= 0.3 is 0 Å². The average molecular weight is 493 g/mol. The minimum Gasteiger partial charge on any atom is -0.383 e. The fraction of sp³-hybridized carbons (Fsp3) is 0.895. The molecule has 3 fully saturated rings. The molecule has 0 radical (unpaired) electrons. The van der Waals surface area contributed by atoms with E-state index in [1.54, 1.807) is 7.11 Å². The minimum atomic E-state index is 0. The summed E-state index contributed by atoms with van der Waals surface area (Å²) in [5.74, 6) is 2.06. The Morgan fingerprint density at radius 3 is 2.41 bits per heavy atom. The molecule has 0 spiro atoms. The van der Waals surface area contributed by atoms with Gasteiger partial charge in [0.15, 0.2) is 5.96 Å². The van der Waals surface area contributed by atoms with Crippen LogP contribution in [0.1, 0.15) is 32.1 Å². The second-order valence-electron chi connectivity index (χ2n) is 8.00. The maximum Gasteiger partial charge on any atom is 0.234 e. The van der Waals surface area contributed by atoms with Crippen molar-refractivity contribution in [3.05, 3.63) is 0 Å². The van der Waals surface area contributed by atoms with Crippen LogP contribution in [0.25, 0.3) is 0 Å². The van der Waals surface area contributed by atoms with Crippen LogP contribution in [0.5, 0.6) is 0 Å². The van der Waals surface area contributed by atoms with Crippen LogP contribution in [0.4, 0.5) is 0 Å². The number of rotatable bonds is 8. The fourth-order valence-corrected chi connectivity index (χ4v) is 4.31. The Labute approximate surface area is 180 Å². The zero-order valence-electron chi connectivity index (χ0n) is 16.8. The number of hydrogen-bond donors (Lipinski definition) is 2. The molecule has 1 saturated heterocycles. The van der Waals surface area contributed by atoms with Crippen molar-refractivity contribution in [1.29, 1.82) is 0 Å². The Hall–Kier alpha value is -0.610. The van der Waals surface area contributed by atoms with Gasteiger partial charge in [-0.1, -0.05) is 6.42 Å². The van der Waals surface area contributed by atoms with Crippen LogP contribution < -0.4 is 10.6 Å². The van der Waals surface area contributed by atoms with E-state index in [0.717, 1.165) is 44.6 Å². The van der Waals surface area contributed by atoms with Crippen molar-refractivity contribution in [1.82, 2.24) is 20.4 Å². The van der Waals surface area contributed by atoms with E-state index >= 15 is 0 Å². The van der Waals surface area contributed by atoms with Crippen molar-refractivity contribution in [3.8, 4) is 0 Å². The number of carbonyl (C=O) groups excluding carboxylic acids is 1. The van der Waals surface area contributed by atoms with E-state index in [4.69, 9.17) is 4.74 Å². The molecule has 27 heavy (non-hydrogen) atoms. The summed E-state index contributed by atoms with van der Waals surface area (Å²) >= 11 is 0. The maximum absolute atomic E-state index is 11.9. The van der Waals surface area contributed by atoms with Crippen LogP contribution in [-0.2, 0) is 9.53 Å². The first-order valence-corrected chi connectivity index (χ1v) is 10.1. The van der Waals surface area contributed by atoms with E-state index in [2.05, 4.69) is 25.4 Å². The number of ether oxygens (including phenoxy) is 1. The predicted octanol–water partition coefficient (Wildman–Crippen LogP) is 1.14. The molecule has 2 saturated carbocycles. The number of nitrogens with one attached hydrogen (secondary N) is 2. The number of methoxy groups -OCH3 is 1. The molecule has 8 heteroatoms. The third-order valence-corrected chi connectivity index (χ3v) is 6.27. The summed E-state index contributed by atoms with van der Waals surface area (Å²) < 4.78 is 4.96. The highest BCUT2D eigenvalue weighted by molar-refractivity contribution is 14.0. The van der Waals surface area contributed by atoms with Crippen molar-refractivity contribution in [2.75, 3.05) is 66.6 Å². The van der Waals surface area contributed by atoms with Gasteiger partial charge in [0.25, 0.3) is 0 Å². The zero-order valence-corrected chi connectivity index (χ0v) is 19.2. The van der Waals surface area contributed by atoms with E-state index in [0.29, 0.717) is 25.1 Å². The highest BCUT2D eigenvalue weighted by atomic mass is 127. The highest BCUT2D eigenvalue weighted by Crippen LogP contribution is 2.56. The second-order valence-corrected chi connectivity index (χ2v) is 8.00. The van der Waals surface area contributed by atoms with E-state index in [1.807, 2.05) is 7.05 Å². The molecule has 1 aliphatic heterocycles. The lowest BCUT2D eigenvalue weighted by Crippen LogP contribution is -2.55. The number of nitrogens with zero attached hydrogens (tertiary/aromatic N) is 3. The van der Waals surface area contributed by atoms with Crippen LogP contribution in [0.15, 0.2) is 4.99 Å². The third-order valence-electron chi connectivity index (χ3n) is 6.27. The first-order valence-electron chi connectivity index (χ1n) is 10.1. The van der Waals surface area contributed by atoms with Gasteiger partial charge in [0, 0.05) is 53.4 Å². The van der Waals surface area contributed by atoms with E-state index in [-0.39, 0.29) is 29.9 Å². The normalized spacial score (nSPS) is 22.6. The number of halogens is 1. The molecule has 3 rings (SSSR count). The first-order chi connectivity index (χ1) is 12.7. The molecule has 0 aromatic rings. The molecule has 0 bridgehead atoms. The summed E-state index contributed by atoms with van der Waals surface area (Å²) in [4.78, 5) is 21.0. The van der Waals surface area contributed by atoms with Gasteiger partial charge in [-0.25, -0.2) is 0 Å². The number of amides is 1. The van der Waals surface area contributed by atoms with Crippen LogP contribution in [0.3, 0.4) is 0 Å². The smallest absolute Gasteiger partial charge is 0.234 e. The standard InChI is InChI=1S/C19H35N5O2.HI/c1-20-18(22-15-19(6-3-7-19)16-4-5-16)24-11-9-23(10-12-24)14-17(25)21-8-13-26-2;/h16H,3-15H2,1-2H3,(H,20,22)(H,21,25);1H. The Balaban J connectivity index is 0.00000261. The number of carbonyl (C=O) groups is 1. The van der Waals surface area contributed by atoms with Gasteiger partial charge in [-0.2, -0.15) is 0 Å². The van der Waals surface area contributed by atoms with Crippen LogP contribution in [0.2, 0.25) is 0 Å². The number of guanidine groups is 1. The van der Waals surface area contributed by atoms with Crippen molar-refractivity contribution < 1.29 is 9.53 Å². The van der Waals surface area contributed by atoms with Crippen molar-refractivity contribution >= 4 is 35.8 Å². The van der Waals surface area contributed by atoms with Crippen LogP contribution in [-0.4, -0.2) is 88.2 Å². The molecule has 1 heterocycles. The highest BCUT2D eigenvalue weighted by Gasteiger charge is 2.48. The van der Waals surface area contributed by atoms with Gasteiger partial charge in [-0.05, 0) is 37.0 Å². The van der Waals surface area contributed by atoms with Gasteiger partial charge in [-0.3, -0.25) is 14.7 Å². The Kier molecular flexibility index (Phi) is 9.07. The van der Waals surface area contributed by atoms with Crippen LogP contribution >= 0.6 is 24.0 Å². The van der Waals surface area contributed by atoms with Gasteiger partial charge in [0.2, 0.25) is 5.91 Å². The summed E-state index contributed by atoms with van der Waals surface area (Å²) in [6.45, 7) is 6.31. The summed E-state index contributed by atoms with van der Waals surface area (Å²) in [7, 11) is 3.52. The molecule has 0 aromatic heterocycles. The minimum absolute atomic E-state index is 0. The Morgan fingerprint density at radius 2 is 1.89 bits per heavy atom. The second kappa shape index (κ2) is 10.8. The van der Waals surface area contributed by atoms with E-state index in [1.165, 1.54) is 32.1 Å². The van der Waals surface area contributed by atoms with Crippen LogP contribution in [0, 0.1) is 11.3 Å². The molecule has 156 valence electrons. The Morgan fingerprint density at radius 1 is 1.19 bits per heavy atom. The molecular formula is C19H36IN5O2. The predicted molar refractivity (Wildman–Crippen MR) is 119 cm³/mol. The lowest BCUT2D eigenvalue weighted by molar-refractivity contribution is -0.122. The average Bonchev–Trinajstić information content (AvgIpc) is 3.44. The van der Waals surface area contributed by atoms with Gasteiger partial charge in [-0.15, -0.1) is 24.0 Å². The van der Waals surface area contributed by atoms with Gasteiger partial charge < -0.3 is 20.3 Å². The lowest BCUT2D eigenvalue weighted by Gasteiger charge is -2.44. The SMILES string of the molecule is CN=C(NCC1(C2CC2)CCC1)N1CCN(CC(=O)NCCOC)CC1.I. The number of aliphatic imine (C=N–C) groups is 1. The third kappa shape index (κ3) is 6.19. The summed E-state index contributed by atoms with van der Waals surface area (Å²) in [6.07, 6.45) is 7.00. The quantitative estimate of drug-likeness (QED) is 0.230. The van der Waals surface area contributed by atoms with Crippen molar-refractivity contribution in [2.45, 2.75) is 32.1 Å². The summed E-state index contributed by atoms with van der Waals surface area (Å²) in [6, 6.07) is 0. The summed E-state index contributed by atoms with van der Waals surface area (Å²) in [5.41, 5.74) is 0.554. The molecular weight excluding hydrogens is 457 g/mol. The van der Waals surface area contributed by atoms with E-state index < -0.39 is 0 Å². The monoisotopic (exact) mass is 493 g/mol. The number of piperazine rings is 1.